The molecule has 1 aliphatic rings. The highest BCUT2D eigenvalue weighted by Crippen LogP contribution is 2.25. The zero-order valence-electron chi connectivity index (χ0n) is 14.7. The van der Waals surface area contributed by atoms with Gasteiger partial charge in [0.2, 0.25) is 5.91 Å². The molecular weight excluding hydrogens is 270 g/mol. The molecule has 2 rings (SSSR count). The Kier molecular flexibility index (Phi) is 5.66. The zero-order chi connectivity index (χ0) is 16.2. The molecule has 1 aromatic carbocycles. The monoisotopic (exact) mass is 301 g/mol. The predicted molar refractivity (Wildman–Crippen MR) is 92.9 cm³/mol. The van der Waals surface area contributed by atoms with Gasteiger partial charge >= 0.3 is 0 Å². The van der Waals surface area contributed by atoms with Crippen molar-refractivity contribution in [3.05, 3.63) is 35.4 Å². The number of nitrogens with zero attached hydrogens (tertiary/aromatic N) is 1. The van der Waals surface area contributed by atoms with Gasteiger partial charge < -0.3 is 4.90 Å². The fraction of sp³-hybridized carbons (Fsp3) is 0.650. The third-order valence-corrected chi connectivity index (χ3v) is 4.61. The van der Waals surface area contributed by atoms with E-state index in [0.29, 0.717) is 12.3 Å². The summed E-state index contributed by atoms with van der Waals surface area (Å²) in [7, 11) is 0. The maximum Gasteiger partial charge on any atom is 0.223 e. The van der Waals surface area contributed by atoms with Gasteiger partial charge in [-0.15, -0.1) is 0 Å². The minimum absolute atomic E-state index is 0.0966. The van der Waals surface area contributed by atoms with Crippen LogP contribution >= 0.6 is 0 Å². The van der Waals surface area contributed by atoms with Crippen LogP contribution < -0.4 is 0 Å². The Labute approximate surface area is 135 Å². The van der Waals surface area contributed by atoms with Gasteiger partial charge in [-0.05, 0) is 49.5 Å². The van der Waals surface area contributed by atoms with Gasteiger partial charge in [0.25, 0.3) is 0 Å². The summed E-state index contributed by atoms with van der Waals surface area (Å²) < 4.78 is 0. The van der Waals surface area contributed by atoms with Crippen LogP contribution in [0.4, 0.5) is 0 Å². The van der Waals surface area contributed by atoms with E-state index in [-0.39, 0.29) is 5.41 Å². The molecule has 0 N–H and O–H groups in total. The number of carbonyl (C=O) groups excluding carboxylic acids is 1. The highest BCUT2D eigenvalue weighted by molar-refractivity contribution is 5.76. The van der Waals surface area contributed by atoms with Crippen LogP contribution in [0, 0.1) is 18.3 Å². The van der Waals surface area contributed by atoms with Gasteiger partial charge in [0.05, 0.1) is 0 Å². The Bertz CT molecular complexity index is 475. The van der Waals surface area contributed by atoms with Crippen molar-refractivity contribution in [2.45, 2.75) is 59.8 Å². The molecular formula is C20H31NO. The van der Waals surface area contributed by atoms with E-state index in [1.807, 2.05) is 0 Å². The molecule has 1 fully saturated rings. The molecule has 1 amide bonds. The van der Waals surface area contributed by atoms with Crippen molar-refractivity contribution in [3.63, 3.8) is 0 Å². The van der Waals surface area contributed by atoms with Gasteiger partial charge in [-0.1, -0.05) is 50.6 Å². The molecule has 0 aliphatic carbocycles. The minimum Gasteiger partial charge on any atom is -0.343 e. The summed E-state index contributed by atoms with van der Waals surface area (Å²) in [6.45, 7) is 10.5. The molecule has 1 heterocycles. The maximum absolute atomic E-state index is 12.3. The highest BCUT2D eigenvalue weighted by Gasteiger charge is 2.25. The van der Waals surface area contributed by atoms with Crippen molar-refractivity contribution < 1.29 is 4.79 Å². The van der Waals surface area contributed by atoms with Crippen molar-refractivity contribution in [1.29, 1.82) is 0 Å². The third-order valence-electron chi connectivity index (χ3n) is 4.61. The Morgan fingerprint density at radius 3 is 2.27 bits per heavy atom. The van der Waals surface area contributed by atoms with Gasteiger partial charge in [-0.3, -0.25) is 4.79 Å². The molecule has 0 spiro atoms. The second-order valence-corrected chi connectivity index (χ2v) is 8.09. The van der Waals surface area contributed by atoms with Gasteiger partial charge in [-0.2, -0.15) is 0 Å². The number of amides is 1. The first-order chi connectivity index (χ1) is 10.3. The number of rotatable bonds is 4. The smallest absolute Gasteiger partial charge is 0.223 e. The van der Waals surface area contributed by atoms with Gasteiger partial charge in [0.15, 0.2) is 0 Å². The molecule has 1 aliphatic heterocycles. The van der Waals surface area contributed by atoms with Crippen LogP contribution in [0.1, 0.15) is 57.6 Å². The summed E-state index contributed by atoms with van der Waals surface area (Å²) in [5.74, 6) is 1.12. The van der Waals surface area contributed by atoms with Crippen LogP contribution in [-0.4, -0.2) is 23.9 Å². The molecule has 0 bridgehead atoms. The molecule has 0 saturated carbocycles. The quantitative estimate of drug-likeness (QED) is 0.795. The van der Waals surface area contributed by atoms with Crippen LogP contribution in [0.25, 0.3) is 0 Å². The minimum atomic E-state index is 0.0966. The topological polar surface area (TPSA) is 20.3 Å². The fourth-order valence-electron chi connectivity index (χ4n) is 3.16. The Hall–Kier alpha value is -1.31. The van der Waals surface area contributed by atoms with Crippen molar-refractivity contribution in [3.8, 4) is 0 Å². The number of likely N-dealkylation sites (tertiary alicyclic amines) is 1. The zero-order valence-corrected chi connectivity index (χ0v) is 14.7. The van der Waals surface area contributed by atoms with Crippen molar-refractivity contribution >= 4 is 5.91 Å². The largest absolute Gasteiger partial charge is 0.343 e. The van der Waals surface area contributed by atoms with E-state index in [2.05, 4.69) is 56.9 Å². The molecule has 2 heteroatoms. The van der Waals surface area contributed by atoms with Crippen molar-refractivity contribution in [2.75, 3.05) is 13.1 Å². The Morgan fingerprint density at radius 1 is 1.14 bits per heavy atom. The van der Waals surface area contributed by atoms with E-state index in [0.717, 1.165) is 19.0 Å². The number of hydrogen-bond donors (Lipinski definition) is 0. The lowest BCUT2D eigenvalue weighted by atomic mass is 9.88. The second-order valence-electron chi connectivity index (χ2n) is 8.09. The first kappa shape index (κ1) is 17.1. The van der Waals surface area contributed by atoms with Gasteiger partial charge in [0, 0.05) is 19.5 Å². The predicted octanol–water partition coefficient (Wildman–Crippen LogP) is 4.60. The molecule has 1 aromatic rings. The number of hydrogen-bond acceptors (Lipinski definition) is 1. The first-order valence-electron chi connectivity index (χ1n) is 8.67. The molecule has 0 atom stereocenters. The summed E-state index contributed by atoms with van der Waals surface area (Å²) in [5, 5.41) is 0. The Morgan fingerprint density at radius 2 is 1.73 bits per heavy atom. The maximum atomic E-state index is 12.3. The third kappa shape index (κ3) is 5.47. The van der Waals surface area contributed by atoms with E-state index in [1.54, 1.807) is 0 Å². The van der Waals surface area contributed by atoms with E-state index in [4.69, 9.17) is 0 Å². The van der Waals surface area contributed by atoms with E-state index >= 15 is 0 Å². The summed E-state index contributed by atoms with van der Waals surface area (Å²) in [6.07, 6.45) is 5.43. The second kappa shape index (κ2) is 7.30. The van der Waals surface area contributed by atoms with Crippen LogP contribution in [0.3, 0.4) is 0 Å². The van der Waals surface area contributed by atoms with Crippen LogP contribution in [0.15, 0.2) is 24.3 Å². The summed E-state index contributed by atoms with van der Waals surface area (Å²) >= 11 is 0. The number of piperidine rings is 1. The molecule has 0 radical (unpaired) electrons. The summed E-state index contributed by atoms with van der Waals surface area (Å²) in [4.78, 5) is 14.3. The molecule has 122 valence electrons. The standard InChI is InChI=1S/C20H31NO/c1-16-5-7-17(8-6-16)9-10-18-11-13-21(14-12-18)19(22)15-20(2,3)4/h5-8,18H,9-15H2,1-4H3. The first-order valence-corrected chi connectivity index (χ1v) is 8.67. The lowest BCUT2D eigenvalue weighted by Crippen LogP contribution is -2.40. The fourth-order valence-corrected chi connectivity index (χ4v) is 3.16. The molecule has 2 nitrogen and oxygen atoms in total. The van der Waals surface area contributed by atoms with Gasteiger partial charge in [-0.25, -0.2) is 0 Å². The average Bonchev–Trinajstić information content (AvgIpc) is 2.45. The molecule has 0 aromatic heterocycles. The molecule has 0 unspecified atom stereocenters. The molecule has 22 heavy (non-hydrogen) atoms. The van der Waals surface area contributed by atoms with E-state index < -0.39 is 0 Å². The summed E-state index contributed by atoms with van der Waals surface area (Å²) in [6, 6.07) is 8.89. The normalized spacial score (nSPS) is 16.8. The van der Waals surface area contributed by atoms with Crippen LogP contribution in [-0.2, 0) is 11.2 Å². The van der Waals surface area contributed by atoms with E-state index in [1.165, 1.54) is 36.8 Å². The number of aryl methyl sites for hydroxylation is 2. The van der Waals surface area contributed by atoms with Crippen LogP contribution in [0.2, 0.25) is 0 Å². The SMILES string of the molecule is Cc1ccc(CCC2CCN(C(=O)CC(C)(C)C)CC2)cc1. The molecule has 1 saturated heterocycles. The summed E-state index contributed by atoms with van der Waals surface area (Å²) in [5.41, 5.74) is 2.87. The average molecular weight is 301 g/mol. The number of carbonyl (C=O) groups is 1. The van der Waals surface area contributed by atoms with Gasteiger partial charge in [0.1, 0.15) is 0 Å². The van der Waals surface area contributed by atoms with Crippen LogP contribution in [0.5, 0.6) is 0 Å². The Balaban J connectivity index is 1.73. The lowest BCUT2D eigenvalue weighted by molar-refractivity contribution is -0.134. The lowest BCUT2D eigenvalue weighted by Gasteiger charge is -2.33. The number of benzene rings is 1. The van der Waals surface area contributed by atoms with Crippen molar-refractivity contribution in [1.82, 2.24) is 4.90 Å². The highest BCUT2D eigenvalue weighted by atomic mass is 16.2. The van der Waals surface area contributed by atoms with Crippen molar-refractivity contribution in [2.24, 2.45) is 11.3 Å². The van der Waals surface area contributed by atoms with E-state index in [9.17, 15) is 4.79 Å².